The monoisotopic (exact) mass is 228 g/mol. The number of esters is 1. The Morgan fingerprint density at radius 2 is 2.25 bits per heavy atom. The summed E-state index contributed by atoms with van der Waals surface area (Å²) in [4.78, 5) is 13.7. The summed E-state index contributed by atoms with van der Waals surface area (Å²) in [5, 5.41) is 0. The number of nitrogens with zero attached hydrogens (tertiary/aromatic N) is 1. The van der Waals surface area contributed by atoms with Crippen LogP contribution in [-0.2, 0) is 9.53 Å². The molecule has 0 radical (unpaired) electrons. The zero-order valence-corrected chi connectivity index (χ0v) is 10.6. The average Bonchev–Trinajstić information content (AvgIpc) is 2.22. The highest BCUT2D eigenvalue weighted by molar-refractivity contribution is 5.75. The van der Waals surface area contributed by atoms with Crippen LogP contribution >= 0.6 is 0 Å². The van der Waals surface area contributed by atoms with Crippen molar-refractivity contribution in [1.29, 1.82) is 0 Å². The second-order valence-corrected chi connectivity index (χ2v) is 4.83. The van der Waals surface area contributed by atoms with Crippen LogP contribution in [0.1, 0.15) is 33.6 Å². The molecule has 4 nitrogen and oxygen atoms in total. The summed E-state index contributed by atoms with van der Waals surface area (Å²) in [6, 6.07) is 0.0139. The number of nitrogens with two attached hydrogens (primary N) is 1. The normalized spacial score (nSPS) is 28.8. The Hall–Kier alpha value is -0.610. The van der Waals surface area contributed by atoms with Gasteiger partial charge in [-0.2, -0.15) is 0 Å². The number of hydrogen-bond donors (Lipinski definition) is 1. The highest BCUT2D eigenvalue weighted by atomic mass is 16.5. The molecule has 1 aliphatic heterocycles. The summed E-state index contributed by atoms with van der Waals surface area (Å²) in [6.07, 6.45) is 2.38. The summed E-state index contributed by atoms with van der Waals surface area (Å²) in [5.41, 5.74) is 5.81. The molecule has 3 unspecified atom stereocenters. The van der Waals surface area contributed by atoms with Gasteiger partial charge in [-0.15, -0.1) is 0 Å². The lowest BCUT2D eigenvalue weighted by Crippen LogP contribution is -2.49. The Balaban J connectivity index is 2.38. The predicted molar refractivity (Wildman–Crippen MR) is 64.0 cm³/mol. The molecule has 94 valence electrons. The van der Waals surface area contributed by atoms with E-state index in [1.807, 2.05) is 0 Å². The van der Waals surface area contributed by atoms with E-state index in [-0.39, 0.29) is 5.97 Å². The number of ether oxygens (including phenoxy) is 1. The van der Waals surface area contributed by atoms with E-state index in [4.69, 9.17) is 10.5 Å². The lowest BCUT2D eigenvalue weighted by atomic mass is 9.93. The van der Waals surface area contributed by atoms with Crippen molar-refractivity contribution in [2.45, 2.75) is 45.7 Å². The molecular formula is C12H24N2O2. The number of rotatable bonds is 4. The maximum Gasteiger partial charge on any atom is 0.324 e. The highest BCUT2D eigenvalue weighted by Gasteiger charge is 2.26. The van der Waals surface area contributed by atoms with E-state index in [1.54, 1.807) is 6.92 Å². The molecule has 1 fully saturated rings. The van der Waals surface area contributed by atoms with E-state index >= 15 is 0 Å². The zero-order chi connectivity index (χ0) is 12.1. The molecule has 0 aliphatic carbocycles. The van der Waals surface area contributed by atoms with E-state index in [0.717, 1.165) is 12.5 Å². The van der Waals surface area contributed by atoms with E-state index in [1.165, 1.54) is 12.8 Å². The molecular weight excluding hydrogens is 204 g/mol. The van der Waals surface area contributed by atoms with Gasteiger partial charge in [0.1, 0.15) is 6.04 Å². The van der Waals surface area contributed by atoms with Gasteiger partial charge >= 0.3 is 5.97 Å². The molecule has 1 aliphatic rings. The average molecular weight is 228 g/mol. The largest absolute Gasteiger partial charge is 0.465 e. The molecule has 0 aromatic heterocycles. The molecule has 0 spiro atoms. The molecule has 1 rings (SSSR count). The standard InChI is InChI=1S/C12H24N2O2/c1-4-16-12(15)11(13)8-14-6-5-9(2)7-10(14)3/h9-11H,4-8,13H2,1-3H3. The second kappa shape index (κ2) is 6.21. The number of likely N-dealkylation sites (tertiary alicyclic amines) is 1. The Morgan fingerprint density at radius 1 is 1.56 bits per heavy atom. The second-order valence-electron chi connectivity index (χ2n) is 4.83. The van der Waals surface area contributed by atoms with E-state index in [0.29, 0.717) is 19.2 Å². The predicted octanol–water partition coefficient (Wildman–Crippen LogP) is 0.997. The molecule has 1 saturated heterocycles. The van der Waals surface area contributed by atoms with Crippen LogP contribution < -0.4 is 5.73 Å². The molecule has 1 heterocycles. The Labute approximate surface area is 98.1 Å². The molecule has 0 aromatic rings. The summed E-state index contributed by atoms with van der Waals surface area (Å²) >= 11 is 0. The van der Waals surface area contributed by atoms with Crippen molar-refractivity contribution in [3.63, 3.8) is 0 Å². The highest BCUT2D eigenvalue weighted by Crippen LogP contribution is 2.21. The lowest BCUT2D eigenvalue weighted by Gasteiger charge is -2.37. The third-order valence-electron chi connectivity index (χ3n) is 3.30. The number of carbonyl (C=O) groups excluding carboxylic acids is 1. The first-order chi connectivity index (χ1) is 7.54. The van der Waals surface area contributed by atoms with Gasteiger partial charge in [0.05, 0.1) is 6.61 Å². The van der Waals surface area contributed by atoms with Crippen LogP contribution in [0, 0.1) is 5.92 Å². The summed E-state index contributed by atoms with van der Waals surface area (Å²) in [6.45, 7) is 8.34. The number of piperidine rings is 1. The van der Waals surface area contributed by atoms with Crippen molar-refractivity contribution in [2.24, 2.45) is 11.7 Å². The number of carbonyl (C=O) groups is 1. The van der Waals surface area contributed by atoms with Gasteiger partial charge in [0, 0.05) is 12.6 Å². The van der Waals surface area contributed by atoms with Crippen LogP contribution in [-0.4, -0.2) is 42.6 Å². The van der Waals surface area contributed by atoms with Gasteiger partial charge in [-0.05, 0) is 39.2 Å². The first-order valence-corrected chi connectivity index (χ1v) is 6.20. The smallest absolute Gasteiger partial charge is 0.324 e. The number of hydrogen-bond acceptors (Lipinski definition) is 4. The van der Waals surface area contributed by atoms with Gasteiger partial charge in [0.15, 0.2) is 0 Å². The first kappa shape index (κ1) is 13.5. The van der Waals surface area contributed by atoms with Crippen molar-refractivity contribution < 1.29 is 9.53 Å². The quantitative estimate of drug-likeness (QED) is 0.729. The van der Waals surface area contributed by atoms with Crippen LogP contribution in [0.4, 0.5) is 0 Å². The molecule has 4 heteroatoms. The van der Waals surface area contributed by atoms with Crippen LogP contribution in [0.15, 0.2) is 0 Å². The fraction of sp³-hybridized carbons (Fsp3) is 0.917. The van der Waals surface area contributed by atoms with Gasteiger partial charge in [-0.25, -0.2) is 0 Å². The third-order valence-corrected chi connectivity index (χ3v) is 3.30. The summed E-state index contributed by atoms with van der Waals surface area (Å²) in [7, 11) is 0. The zero-order valence-electron chi connectivity index (χ0n) is 10.6. The molecule has 0 saturated carbocycles. The van der Waals surface area contributed by atoms with Crippen molar-refractivity contribution in [1.82, 2.24) is 4.90 Å². The van der Waals surface area contributed by atoms with Crippen LogP contribution in [0.3, 0.4) is 0 Å². The minimum absolute atomic E-state index is 0.284. The van der Waals surface area contributed by atoms with Gasteiger partial charge in [0.25, 0.3) is 0 Å². The Kier molecular flexibility index (Phi) is 5.22. The summed E-state index contributed by atoms with van der Waals surface area (Å²) in [5.74, 6) is 0.499. The van der Waals surface area contributed by atoms with Crippen LogP contribution in [0.5, 0.6) is 0 Å². The van der Waals surface area contributed by atoms with Gasteiger partial charge in [-0.3, -0.25) is 9.69 Å². The fourth-order valence-corrected chi connectivity index (χ4v) is 2.30. The van der Waals surface area contributed by atoms with Crippen molar-refractivity contribution in [3.05, 3.63) is 0 Å². The SMILES string of the molecule is CCOC(=O)C(N)CN1CCC(C)CC1C. The lowest BCUT2D eigenvalue weighted by molar-refractivity contribution is -0.145. The van der Waals surface area contributed by atoms with Crippen LogP contribution in [0.2, 0.25) is 0 Å². The van der Waals surface area contributed by atoms with Crippen molar-refractivity contribution in [2.75, 3.05) is 19.7 Å². The molecule has 0 amide bonds. The van der Waals surface area contributed by atoms with Crippen molar-refractivity contribution >= 4 is 5.97 Å². The van der Waals surface area contributed by atoms with E-state index in [2.05, 4.69) is 18.7 Å². The molecule has 0 aromatic carbocycles. The van der Waals surface area contributed by atoms with E-state index < -0.39 is 6.04 Å². The minimum Gasteiger partial charge on any atom is -0.465 e. The fourth-order valence-electron chi connectivity index (χ4n) is 2.30. The van der Waals surface area contributed by atoms with Gasteiger partial charge in [-0.1, -0.05) is 6.92 Å². The molecule has 2 N–H and O–H groups in total. The van der Waals surface area contributed by atoms with Crippen LogP contribution in [0.25, 0.3) is 0 Å². The maximum atomic E-state index is 11.4. The molecule has 16 heavy (non-hydrogen) atoms. The minimum atomic E-state index is -0.504. The maximum absolute atomic E-state index is 11.4. The Bertz CT molecular complexity index is 233. The Morgan fingerprint density at radius 3 is 2.81 bits per heavy atom. The van der Waals surface area contributed by atoms with Gasteiger partial charge < -0.3 is 10.5 Å². The third kappa shape index (κ3) is 3.76. The molecule has 3 atom stereocenters. The van der Waals surface area contributed by atoms with Gasteiger partial charge in [0.2, 0.25) is 0 Å². The molecule has 0 bridgehead atoms. The topological polar surface area (TPSA) is 55.6 Å². The summed E-state index contributed by atoms with van der Waals surface area (Å²) < 4.78 is 4.91. The first-order valence-electron chi connectivity index (χ1n) is 6.20. The van der Waals surface area contributed by atoms with Crippen molar-refractivity contribution in [3.8, 4) is 0 Å². The van der Waals surface area contributed by atoms with E-state index in [9.17, 15) is 4.79 Å².